The Hall–Kier alpha value is -3.03. The summed E-state index contributed by atoms with van der Waals surface area (Å²) in [6.45, 7) is 0.675. The molecule has 0 saturated carbocycles. The summed E-state index contributed by atoms with van der Waals surface area (Å²) < 4.78 is 0. The van der Waals surface area contributed by atoms with Crippen molar-refractivity contribution >= 4 is 23.3 Å². The summed E-state index contributed by atoms with van der Waals surface area (Å²) in [6.07, 6.45) is 6.12. The maximum Gasteiger partial charge on any atom is 0.243 e. The van der Waals surface area contributed by atoms with E-state index in [1.54, 1.807) is 5.48 Å². The van der Waals surface area contributed by atoms with Gasteiger partial charge in [0.1, 0.15) is 5.78 Å². The molecule has 0 heterocycles. The number of Topliss-reactive ketones (excluding diaryl/α,β-unsaturated/α-hetero) is 1. The predicted octanol–water partition coefficient (Wildman–Crippen LogP) is 3.72. The lowest BCUT2D eigenvalue weighted by molar-refractivity contribution is -0.129. The van der Waals surface area contributed by atoms with Crippen molar-refractivity contribution in [1.82, 2.24) is 5.48 Å². The van der Waals surface area contributed by atoms with Crippen molar-refractivity contribution in [2.24, 2.45) is 5.73 Å². The van der Waals surface area contributed by atoms with Crippen molar-refractivity contribution in [3.8, 4) is 0 Å². The van der Waals surface area contributed by atoms with Crippen LogP contribution in [0.1, 0.15) is 61.6 Å². The van der Waals surface area contributed by atoms with Crippen molar-refractivity contribution in [2.75, 3.05) is 11.9 Å². The van der Waals surface area contributed by atoms with Gasteiger partial charge in [0.15, 0.2) is 0 Å². The van der Waals surface area contributed by atoms with Gasteiger partial charge in [-0.1, -0.05) is 36.4 Å². The van der Waals surface area contributed by atoms with Crippen LogP contribution in [0.4, 0.5) is 5.69 Å². The van der Waals surface area contributed by atoms with E-state index in [4.69, 9.17) is 10.9 Å². The van der Waals surface area contributed by atoms with Gasteiger partial charge < -0.3 is 11.1 Å². The smallest absolute Gasteiger partial charge is 0.243 e. The first-order chi connectivity index (χ1) is 16.0. The molecule has 0 fully saturated rings. The lowest BCUT2D eigenvalue weighted by Crippen LogP contribution is -2.17. The van der Waals surface area contributed by atoms with Crippen LogP contribution in [0.25, 0.3) is 0 Å². The Labute approximate surface area is 195 Å². The predicted molar refractivity (Wildman–Crippen MR) is 129 cm³/mol. The SMILES string of the molecule is NCCCc1ccc(NC(=O)CCCc2ccc(CC(=O)CCCCC(=O)NO)cc2)cc1. The first kappa shape index (κ1) is 26.2. The number of nitrogens with one attached hydrogen (secondary N) is 2. The fourth-order valence-corrected chi connectivity index (χ4v) is 3.54. The first-order valence-electron chi connectivity index (χ1n) is 11.6. The standard InChI is InChI=1S/C26H35N3O4/c27-18-4-6-21-14-16-23(17-15-21)28-25(31)9-3-5-20-10-12-22(13-11-20)19-24(30)7-1-2-8-26(32)29-33/h10-17,33H,1-9,18-19,27H2,(H,28,31)(H,29,32). The first-order valence-corrected chi connectivity index (χ1v) is 11.6. The molecule has 0 atom stereocenters. The zero-order valence-corrected chi connectivity index (χ0v) is 19.1. The summed E-state index contributed by atoms with van der Waals surface area (Å²) in [7, 11) is 0. The molecule has 178 valence electrons. The summed E-state index contributed by atoms with van der Waals surface area (Å²) in [5.41, 5.74) is 11.2. The second-order valence-corrected chi connectivity index (χ2v) is 8.26. The molecule has 0 saturated heterocycles. The van der Waals surface area contributed by atoms with Gasteiger partial charge in [-0.2, -0.15) is 0 Å². The number of carbonyl (C=O) groups is 3. The second kappa shape index (κ2) is 14.9. The quantitative estimate of drug-likeness (QED) is 0.186. The van der Waals surface area contributed by atoms with Crippen LogP contribution < -0.4 is 16.5 Å². The monoisotopic (exact) mass is 453 g/mol. The number of hydrogen-bond acceptors (Lipinski definition) is 5. The Morgan fingerprint density at radius 1 is 0.697 bits per heavy atom. The van der Waals surface area contributed by atoms with E-state index in [1.807, 2.05) is 48.5 Å². The van der Waals surface area contributed by atoms with E-state index in [0.717, 1.165) is 42.5 Å². The summed E-state index contributed by atoms with van der Waals surface area (Å²) in [6, 6.07) is 15.8. The molecule has 5 N–H and O–H groups in total. The molecule has 0 aliphatic rings. The second-order valence-electron chi connectivity index (χ2n) is 8.26. The van der Waals surface area contributed by atoms with Gasteiger partial charge in [0.2, 0.25) is 11.8 Å². The number of unbranched alkanes of at least 4 members (excludes halogenated alkanes) is 1. The number of anilines is 1. The summed E-state index contributed by atoms with van der Waals surface area (Å²) >= 11 is 0. The normalized spacial score (nSPS) is 10.6. The van der Waals surface area contributed by atoms with Crippen LogP contribution in [0, 0.1) is 0 Å². The minimum absolute atomic E-state index is 0.00314. The fourth-order valence-electron chi connectivity index (χ4n) is 3.54. The Balaban J connectivity index is 1.64. The molecule has 0 aromatic heterocycles. The summed E-state index contributed by atoms with van der Waals surface area (Å²) in [5, 5.41) is 11.4. The third kappa shape index (κ3) is 10.9. The number of benzene rings is 2. The van der Waals surface area contributed by atoms with E-state index >= 15 is 0 Å². The largest absolute Gasteiger partial charge is 0.330 e. The highest BCUT2D eigenvalue weighted by Crippen LogP contribution is 2.13. The highest BCUT2D eigenvalue weighted by molar-refractivity contribution is 5.90. The van der Waals surface area contributed by atoms with Gasteiger partial charge >= 0.3 is 0 Å². The van der Waals surface area contributed by atoms with E-state index in [9.17, 15) is 14.4 Å². The number of amides is 2. The van der Waals surface area contributed by atoms with Crippen LogP contribution >= 0.6 is 0 Å². The third-order valence-electron chi connectivity index (χ3n) is 5.43. The van der Waals surface area contributed by atoms with Gasteiger partial charge in [-0.3, -0.25) is 19.6 Å². The van der Waals surface area contributed by atoms with E-state index in [1.165, 1.54) is 5.56 Å². The molecule has 2 aromatic carbocycles. The molecule has 0 aliphatic carbocycles. The van der Waals surface area contributed by atoms with Crippen LogP contribution in [0.5, 0.6) is 0 Å². The van der Waals surface area contributed by atoms with Crippen LogP contribution in [-0.2, 0) is 33.6 Å². The van der Waals surface area contributed by atoms with Crippen LogP contribution in [-0.4, -0.2) is 29.3 Å². The molecule has 7 nitrogen and oxygen atoms in total. The van der Waals surface area contributed by atoms with Gasteiger partial charge in [0, 0.05) is 31.4 Å². The molecule has 0 aliphatic heterocycles. The van der Waals surface area contributed by atoms with Crippen molar-refractivity contribution < 1.29 is 19.6 Å². The van der Waals surface area contributed by atoms with Gasteiger partial charge in [0.05, 0.1) is 0 Å². The number of hydrogen-bond donors (Lipinski definition) is 4. The van der Waals surface area contributed by atoms with E-state index in [-0.39, 0.29) is 18.1 Å². The van der Waals surface area contributed by atoms with E-state index in [2.05, 4.69) is 5.32 Å². The summed E-state index contributed by atoms with van der Waals surface area (Å²) in [5.74, 6) is -0.289. The molecule has 0 bridgehead atoms. The number of ketones is 1. The van der Waals surface area contributed by atoms with Crippen molar-refractivity contribution in [1.29, 1.82) is 0 Å². The molecule has 2 aromatic rings. The number of nitrogens with two attached hydrogens (primary N) is 1. The van der Waals surface area contributed by atoms with Gasteiger partial charge in [-0.05, 0) is 73.9 Å². The zero-order valence-electron chi connectivity index (χ0n) is 19.1. The average molecular weight is 454 g/mol. The van der Waals surface area contributed by atoms with E-state index < -0.39 is 5.91 Å². The molecule has 7 heteroatoms. The van der Waals surface area contributed by atoms with Gasteiger partial charge in [-0.15, -0.1) is 0 Å². The maximum absolute atomic E-state index is 12.2. The molecule has 33 heavy (non-hydrogen) atoms. The Kier molecular flexibility index (Phi) is 11.9. The molecule has 0 unspecified atom stereocenters. The highest BCUT2D eigenvalue weighted by Gasteiger charge is 2.07. The molecule has 2 amide bonds. The lowest BCUT2D eigenvalue weighted by Gasteiger charge is -2.07. The minimum atomic E-state index is -0.428. The number of aryl methyl sites for hydroxylation is 2. The molecular weight excluding hydrogens is 418 g/mol. The van der Waals surface area contributed by atoms with Gasteiger partial charge in [-0.25, -0.2) is 5.48 Å². The highest BCUT2D eigenvalue weighted by atomic mass is 16.5. The number of hydroxylamine groups is 1. The fraction of sp³-hybridized carbons (Fsp3) is 0.423. The number of carbonyl (C=O) groups excluding carboxylic acids is 3. The van der Waals surface area contributed by atoms with Crippen LogP contribution in [0.2, 0.25) is 0 Å². The Morgan fingerprint density at radius 2 is 1.24 bits per heavy atom. The number of rotatable bonds is 15. The van der Waals surface area contributed by atoms with Crippen LogP contribution in [0.15, 0.2) is 48.5 Å². The molecule has 0 spiro atoms. The average Bonchev–Trinajstić information content (AvgIpc) is 2.82. The minimum Gasteiger partial charge on any atom is -0.330 e. The van der Waals surface area contributed by atoms with Crippen LogP contribution in [0.3, 0.4) is 0 Å². The zero-order chi connectivity index (χ0) is 23.9. The van der Waals surface area contributed by atoms with E-state index in [0.29, 0.717) is 38.6 Å². The molecule has 0 radical (unpaired) electrons. The molecular formula is C26H35N3O4. The van der Waals surface area contributed by atoms with Crippen molar-refractivity contribution in [3.05, 3.63) is 65.2 Å². The Morgan fingerprint density at radius 3 is 1.88 bits per heavy atom. The van der Waals surface area contributed by atoms with Crippen molar-refractivity contribution in [2.45, 2.75) is 64.2 Å². The van der Waals surface area contributed by atoms with Crippen molar-refractivity contribution in [3.63, 3.8) is 0 Å². The topological polar surface area (TPSA) is 122 Å². The molecule has 2 rings (SSSR count). The lowest BCUT2D eigenvalue weighted by atomic mass is 10.0. The Bertz CT molecular complexity index is 879. The third-order valence-corrected chi connectivity index (χ3v) is 5.43. The maximum atomic E-state index is 12.2. The summed E-state index contributed by atoms with van der Waals surface area (Å²) in [4.78, 5) is 35.2. The van der Waals surface area contributed by atoms with Gasteiger partial charge in [0.25, 0.3) is 0 Å².